The maximum Gasteiger partial charge on any atom is 0.387 e. The van der Waals surface area contributed by atoms with Crippen LogP contribution in [0.2, 0.25) is 0 Å². The summed E-state index contributed by atoms with van der Waals surface area (Å²) < 4.78 is 28.0. The van der Waals surface area contributed by atoms with Gasteiger partial charge in [0.05, 0.1) is 11.8 Å². The number of anilines is 1. The first-order valence-corrected chi connectivity index (χ1v) is 5.56. The molecule has 2 N–H and O–H groups in total. The van der Waals surface area contributed by atoms with Crippen molar-refractivity contribution in [1.29, 1.82) is 0 Å². The lowest BCUT2D eigenvalue weighted by Gasteiger charge is -2.07. The summed E-state index contributed by atoms with van der Waals surface area (Å²) in [6.07, 6.45) is 0.327. The highest BCUT2D eigenvalue weighted by Crippen LogP contribution is 2.39. The fourth-order valence-electron chi connectivity index (χ4n) is 1.71. The van der Waals surface area contributed by atoms with Gasteiger partial charge in [-0.25, -0.2) is 0 Å². The molecule has 1 saturated carbocycles. The van der Waals surface area contributed by atoms with Gasteiger partial charge in [0, 0.05) is 5.69 Å². The average molecular weight is 271 g/mol. The molecule has 102 valence electrons. The fraction of sp³-hybridized carbons (Fsp3) is 0.333. The monoisotopic (exact) mass is 271 g/mol. The number of carboxylic acid groups (broad SMARTS) is 1. The third kappa shape index (κ3) is 3.40. The SMILES string of the molecule is O=C(O)C1CC1C(=O)Nc1ccc(OC(F)F)cc1. The molecule has 1 aliphatic carbocycles. The van der Waals surface area contributed by atoms with E-state index in [1.807, 2.05) is 0 Å². The van der Waals surface area contributed by atoms with Gasteiger partial charge in [0.2, 0.25) is 5.91 Å². The Kier molecular flexibility index (Phi) is 3.64. The van der Waals surface area contributed by atoms with E-state index in [0.29, 0.717) is 12.1 Å². The number of hydrogen-bond donors (Lipinski definition) is 2. The minimum atomic E-state index is -2.90. The zero-order valence-electron chi connectivity index (χ0n) is 9.68. The Morgan fingerprint density at radius 3 is 2.37 bits per heavy atom. The van der Waals surface area contributed by atoms with E-state index >= 15 is 0 Å². The predicted molar refractivity (Wildman–Crippen MR) is 60.9 cm³/mol. The maximum absolute atomic E-state index is 11.9. The Hall–Kier alpha value is -2.18. The van der Waals surface area contributed by atoms with Crippen molar-refractivity contribution in [3.8, 4) is 5.75 Å². The molecule has 0 radical (unpaired) electrons. The van der Waals surface area contributed by atoms with Gasteiger partial charge >= 0.3 is 12.6 Å². The number of nitrogens with one attached hydrogen (secondary N) is 1. The number of alkyl halides is 2. The van der Waals surface area contributed by atoms with Crippen molar-refractivity contribution in [3.05, 3.63) is 24.3 Å². The molecule has 1 aromatic rings. The summed E-state index contributed by atoms with van der Waals surface area (Å²) in [6.45, 7) is -2.90. The van der Waals surface area contributed by atoms with Crippen molar-refractivity contribution in [2.75, 3.05) is 5.32 Å². The van der Waals surface area contributed by atoms with Crippen molar-refractivity contribution in [1.82, 2.24) is 0 Å². The van der Waals surface area contributed by atoms with Crippen LogP contribution in [0.5, 0.6) is 5.75 Å². The van der Waals surface area contributed by atoms with Crippen molar-refractivity contribution < 1.29 is 28.2 Å². The second kappa shape index (κ2) is 5.21. The summed E-state index contributed by atoms with van der Waals surface area (Å²) in [5.41, 5.74) is 0.405. The number of hydrogen-bond acceptors (Lipinski definition) is 3. The maximum atomic E-state index is 11.9. The molecule has 0 saturated heterocycles. The van der Waals surface area contributed by atoms with Crippen molar-refractivity contribution in [2.45, 2.75) is 13.0 Å². The first-order valence-electron chi connectivity index (χ1n) is 5.56. The summed E-state index contributed by atoms with van der Waals surface area (Å²) in [5, 5.41) is 11.2. The van der Waals surface area contributed by atoms with Crippen molar-refractivity contribution >= 4 is 17.6 Å². The Labute approximate surface area is 107 Å². The Balaban J connectivity index is 1.90. The number of benzene rings is 1. The van der Waals surface area contributed by atoms with E-state index < -0.39 is 24.4 Å². The van der Waals surface area contributed by atoms with Crippen LogP contribution in [0, 0.1) is 11.8 Å². The fourth-order valence-corrected chi connectivity index (χ4v) is 1.71. The molecule has 5 nitrogen and oxygen atoms in total. The van der Waals surface area contributed by atoms with E-state index in [-0.39, 0.29) is 11.7 Å². The minimum absolute atomic E-state index is 0.0113. The number of amides is 1. The minimum Gasteiger partial charge on any atom is -0.481 e. The van der Waals surface area contributed by atoms with Crippen LogP contribution >= 0.6 is 0 Å². The van der Waals surface area contributed by atoms with Crippen LogP contribution in [-0.2, 0) is 9.59 Å². The molecule has 1 aromatic carbocycles. The van der Waals surface area contributed by atoms with Gasteiger partial charge in [-0.05, 0) is 30.7 Å². The molecule has 19 heavy (non-hydrogen) atoms. The smallest absolute Gasteiger partial charge is 0.387 e. The zero-order chi connectivity index (χ0) is 14.0. The highest BCUT2D eigenvalue weighted by molar-refractivity contribution is 5.98. The third-order valence-corrected chi connectivity index (χ3v) is 2.79. The van der Waals surface area contributed by atoms with Gasteiger partial charge in [0.1, 0.15) is 5.75 Å². The first kappa shape index (κ1) is 13.3. The van der Waals surface area contributed by atoms with Crippen LogP contribution in [0.1, 0.15) is 6.42 Å². The lowest BCUT2D eigenvalue weighted by Crippen LogP contribution is -2.16. The summed E-state index contributed by atoms with van der Waals surface area (Å²) >= 11 is 0. The number of aliphatic carboxylic acids is 1. The molecular formula is C12H11F2NO4. The van der Waals surface area contributed by atoms with Crippen LogP contribution in [0.3, 0.4) is 0 Å². The Morgan fingerprint density at radius 1 is 1.26 bits per heavy atom. The number of ether oxygens (including phenoxy) is 1. The summed E-state index contributed by atoms with van der Waals surface area (Å²) in [7, 11) is 0. The van der Waals surface area contributed by atoms with Gasteiger partial charge in [-0.15, -0.1) is 0 Å². The van der Waals surface area contributed by atoms with E-state index in [9.17, 15) is 18.4 Å². The first-order chi connectivity index (χ1) is 8.97. The molecule has 1 amide bonds. The summed E-state index contributed by atoms with van der Waals surface area (Å²) in [6, 6.07) is 5.41. The molecule has 2 atom stereocenters. The van der Waals surface area contributed by atoms with Crippen molar-refractivity contribution in [2.24, 2.45) is 11.8 Å². The van der Waals surface area contributed by atoms with Gasteiger partial charge in [-0.1, -0.05) is 0 Å². The molecule has 2 rings (SSSR count). The highest BCUT2D eigenvalue weighted by atomic mass is 19.3. The number of carbonyl (C=O) groups excluding carboxylic acids is 1. The molecule has 0 bridgehead atoms. The quantitative estimate of drug-likeness (QED) is 0.858. The third-order valence-electron chi connectivity index (χ3n) is 2.79. The Morgan fingerprint density at radius 2 is 1.89 bits per heavy atom. The normalized spacial score (nSPS) is 21.0. The van der Waals surface area contributed by atoms with Gasteiger partial charge in [0.15, 0.2) is 0 Å². The molecule has 0 heterocycles. The molecule has 0 aromatic heterocycles. The number of carbonyl (C=O) groups is 2. The van der Waals surface area contributed by atoms with Crippen LogP contribution in [-0.4, -0.2) is 23.6 Å². The second-order valence-corrected chi connectivity index (χ2v) is 4.18. The largest absolute Gasteiger partial charge is 0.481 e. The number of rotatable bonds is 5. The van der Waals surface area contributed by atoms with Crippen LogP contribution in [0.25, 0.3) is 0 Å². The molecule has 0 spiro atoms. The molecule has 7 heteroatoms. The average Bonchev–Trinajstić information content (AvgIpc) is 3.11. The van der Waals surface area contributed by atoms with E-state index in [1.165, 1.54) is 24.3 Å². The number of carboxylic acids is 1. The molecule has 0 aliphatic heterocycles. The van der Waals surface area contributed by atoms with Gasteiger partial charge in [-0.2, -0.15) is 8.78 Å². The van der Waals surface area contributed by atoms with Crippen LogP contribution in [0.4, 0.5) is 14.5 Å². The summed E-state index contributed by atoms with van der Waals surface area (Å²) in [5.74, 6) is -2.52. The Bertz CT molecular complexity index is 489. The molecule has 1 aliphatic rings. The molecule has 2 unspecified atom stereocenters. The van der Waals surface area contributed by atoms with E-state index in [0.717, 1.165) is 0 Å². The van der Waals surface area contributed by atoms with E-state index in [4.69, 9.17) is 5.11 Å². The van der Waals surface area contributed by atoms with Crippen LogP contribution < -0.4 is 10.1 Å². The lowest BCUT2D eigenvalue weighted by atomic mass is 10.2. The summed E-state index contributed by atoms with van der Waals surface area (Å²) in [4.78, 5) is 22.2. The molecular weight excluding hydrogens is 260 g/mol. The van der Waals surface area contributed by atoms with Crippen molar-refractivity contribution in [3.63, 3.8) is 0 Å². The standard InChI is InChI=1S/C12H11F2NO4/c13-12(14)19-7-3-1-6(2-4-7)15-10(16)8-5-9(8)11(17)18/h1-4,8-9,12H,5H2,(H,15,16)(H,17,18). The van der Waals surface area contributed by atoms with E-state index in [1.54, 1.807) is 0 Å². The molecule has 1 fully saturated rings. The topological polar surface area (TPSA) is 75.6 Å². The number of halogens is 2. The van der Waals surface area contributed by atoms with Gasteiger partial charge < -0.3 is 15.2 Å². The van der Waals surface area contributed by atoms with Crippen LogP contribution in [0.15, 0.2) is 24.3 Å². The van der Waals surface area contributed by atoms with Gasteiger partial charge in [0.25, 0.3) is 0 Å². The van der Waals surface area contributed by atoms with Gasteiger partial charge in [-0.3, -0.25) is 9.59 Å². The lowest BCUT2D eigenvalue weighted by molar-refractivity contribution is -0.139. The zero-order valence-corrected chi connectivity index (χ0v) is 9.68. The highest BCUT2D eigenvalue weighted by Gasteiger charge is 2.48. The predicted octanol–water partition coefficient (Wildman–Crippen LogP) is 1.95. The second-order valence-electron chi connectivity index (χ2n) is 4.18. The van der Waals surface area contributed by atoms with E-state index in [2.05, 4.69) is 10.1 Å².